The van der Waals surface area contributed by atoms with Gasteiger partial charge in [0.15, 0.2) is 0 Å². The molecular formula is C13H15N3O2S. The smallest absolute Gasteiger partial charge is 0.242 e. The van der Waals surface area contributed by atoms with E-state index >= 15 is 0 Å². The van der Waals surface area contributed by atoms with E-state index in [1.54, 1.807) is 18.2 Å². The predicted molar refractivity (Wildman–Crippen MR) is 74.7 cm³/mol. The highest BCUT2D eigenvalue weighted by Gasteiger charge is 2.17. The first-order valence-corrected chi connectivity index (χ1v) is 7.21. The van der Waals surface area contributed by atoms with Crippen molar-refractivity contribution in [1.29, 1.82) is 0 Å². The number of hydrazine groups is 1. The summed E-state index contributed by atoms with van der Waals surface area (Å²) < 4.78 is 26.9. The molecule has 4 N–H and O–H groups in total. The third-order valence-electron chi connectivity index (χ3n) is 2.64. The summed E-state index contributed by atoms with van der Waals surface area (Å²) in [4.78, 5) is 0.133. The second-order valence-electron chi connectivity index (χ2n) is 3.95. The Morgan fingerprint density at radius 1 is 0.947 bits per heavy atom. The molecule has 0 saturated heterocycles. The van der Waals surface area contributed by atoms with Gasteiger partial charge in [-0.25, -0.2) is 13.1 Å². The van der Waals surface area contributed by atoms with Crippen molar-refractivity contribution in [2.24, 2.45) is 5.84 Å². The third-order valence-corrected chi connectivity index (χ3v) is 4.10. The summed E-state index contributed by atoms with van der Waals surface area (Å²) in [6.45, 7) is 0.238. The van der Waals surface area contributed by atoms with E-state index in [-0.39, 0.29) is 11.4 Å². The molecule has 100 valence electrons. The summed E-state index contributed by atoms with van der Waals surface area (Å²) in [6.07, 6.45) is 0. The van der Waals surface area contributed by atoms with Crippen LogP contribution in [0.5, 0.6) is 0 Å². The Hall–Kier alpha value is -1.89. The Labute approximate surface area is 112 Å². The molecule has 6 heteroatoms. The van der Waals surface area contributed by atoms with Crippen LogP contribution in [-0.4, -0.2) is 8.42 Å². The molecule has 2 aromatic rings. The van der Waals surface area contributed by atoms with Gasteiger partial charge in [-0.2, -0.15) is 0 Å². The molecule has 0 aromatic heterocycles. The monoisotopic (exact) mass is 277 g/mol. The van der Waals surface area contributed by atoms with Gasteiger partial charge in [-0.3, -0.25) is 5.84 Å². The molecule has 0 aliphatic heterocycles. The normalized spacial score (nSPS) is 11.2. The van der Waals surface area contributed by atoms with Gasteiger partial charge in [-0.05, 0) is 17.7 Å². The maximum Gasteiger partial charge on any atom is 0.242 e. The Bertz CT molecular complexity index is 642. The molecule has 2 rings (SSSR count). The van der Waals surface area contributed by atoms with Gasteiger partial charge in [-0.15, -0.1) is 0 Å². The Morgan fingerprint density at radius 2 is 1.58 bits per heavy atom. The number of nitrogens with one attached hydrogen (secondary N) is 2. The van der Waals surface area contributed by atoms with Crippen molar-refractivity contribution < 1.29 is 8.42 Å². The highest BCUT2D eigenvalue weighted by Crippen LogP contribution is 2.19. The molecule has 0 spiro atoms. The van der Waals surface area contributed by atoms with Gasteiger partial charge in [0.1, 0.15) is 4.90 Å². The van der Waals surface area contributed by atoms with Gasteiger partial charge in [0.25, 0.3) is 0 Å². The molecule has 2 aromatic carbocycles. The highest BCUT2D eigenvalue weighted by molar-refractivity contribution is 7.89. The van der Waals surface area contributed by atoms with Crippen LogP contribution in [-0.2, 0) is 16.6 Å². The van der Waals surface area contributed by atoms with E-state index < -0.39 is 10.0 Å². The second kappa shape index (κ2) is 5.83. The number of sulfonamides is 1. The zero-order valence-electron chi connectivity index (χ0n) is 10.2. The molecule has 0 unspecified atom stereocenters. The van der Waals surface area contributed by atoms with Crippen molar-refractivity contribution >= 4 is 15.7 Å². The van der Waals surface area contributed by atoms with Gasteiger partial charge in [0, 0.05) is 6.54 Å². The van der Waals surface area contributed by atoms with Gasteiger partial charge >= 0.3 is 0 Å². The van der Waals surface area contributed by atoms with E-state index in [0.29, 0.717) is 5.69 Å². The van der Waals surface area contributed by atoms with Crippen LogP contribution in [0.15, 0.2) is 59.5 Å². The van der Waals surface area contributed by atoms with E-state index in [1.807, 2.05) is 30.3 Å². The zero-order valence-corrected chi connectivity index (χ0v) is 11.0. The van der Waals surface area contributed by atoms with Gasteiger partial charge in [-0.1, -0.05) is 42.5 Å². The molecule has 0 fully saturated rings. The number of para-hydroxylation sites is 1. The summed E-state index contributed by atoms with van der Waals surface area (Å²) in [7, 11) is -3.59. The van der Waals surface area contributed by atoms with Gasteiger partial charge in [0.05, 0.1) is 5.69 Å². The molecule has 19 heavy (non-hydrogen) atoms. The second-order valence-corrected chi connectivity index (χ2v) is 5.69. The molecule has 5 nitrogen and oxygen atoms in total. The lowest BCUT2D eigenvalue weighted by Gasteiger charge is -2.10. The topological polar surface area (TPSA) is 84.2 Å². The van der Waals surface area contributed by atoms with Crippen LogP contribution in [0, 0.1) is 0 Å². The van der Waals surface area contributed by atoms with Crippen molar-refractivity contribution in [2.75, 3.05) is 5.43 Å². The van der Waals surface area contributed by atoms with Gasteiger partial charge in [0.2, 0.25) is 10.0 Å². The van der Waals surface area contributed by atoms with Crippen molar-refractivity contribution in [3.63, 3.8) is 0 Å². The molecule has 0 atom stereocenters. The van der Waals surface area contributed by atoms with Crippen LogP contribution in [0.4, 0.5) is 5.69 Å². The fraction of sp³-hybridized carbons (Fsp3) is 0.0769. The van der Waals surface area contributed by atoms with E-state index in [9.17, 15) is 8.42 Å². The fourth-order valence-electron chi connectivity index (χ4n) is 1.67. The minimum absolute atomic E-state index is 0.133. The lowest BCUT2D eigenvalue weighted by Crippen LogP contribution is -2.25. The number of hydrogen-bond acceptors (Lipinski definition) is 4. The SMILES string of the molecule is NNc1ccccc1S(=O)(=O)NCc1ccccc1. The first kappa shape index (κ1) is 13.5. The van der Waals surface area contributed by atoms with E-state index in [0.717, 1.165) is 5.56 Å². The van der Waals surface area contributed by atoms with Crippen LogP contribution < -0.4 is 16.0 Å². The first-order chi connectivity index (χ1) is 9.13. The molecule has 0 aliphatic carbocycles. The van der Waals surface area contributed by atoms with Crippen molar-refractivity contribution in [3.8, 4) is 0 Å². The van der Waals surface area contributed by atoms with Gasteiger partial charge < -0.3 is 5.43 Å². The standard InChI is InChI=1S/C13H15N3O2S/c14-16-12-8-4-5-9-13(12)19(17,18)15-10-11-6-2-1-3-7-11/h1-9,15-16H,10,14H2. The van der Waals surface area contributed by atoms with Crippen LogP contribution in [0.3, 0.4) is 0 Å². The lowest BCUT2D eigenvalue weighted by molar-refractivity contribution is 0.581. The minimum Gasteiger partial charge on any atom is -0.323 e. The average molecular weight is 277 g/mol. The zero-order chi connectivity index (χ0) is 13.7. The summed E-state index contributed by atoms with van der Waals surface area (Å²) in [5, 5.41) is 0. The van der Waals surface area contributed by atoms with E-state index in [1.165, 1.54) is 6.07 Å². The number of anilines is 1. The molecule has 0 heterocycles. The quantitative estimate of drug-likeness (QED) is 0.570. The maximum atomic E-state index is 12.2. The minimum atomic E-state index is -3.59. The lowest BCUT2D eigenvalue weighted by atomic mass is 10.2. The number of nitrogen functional groups attached to an aromatic ring is 1. The molecule has 0 bridgehead atoms. The maximum absolute atomic E-state index is 12.2. The van der Waals surface area contributed by atoms with Crippen molar-refractivity contribution in [2.45, 2.75) is 11.4 Å². The molecule has 0 aliphatic rings. The summed E-state index contributed by atoms with van der Waals surface area (Å²) >= 11 is 0. The van der Waals surface area contributed by atoms with Crippen molar-refractivity contribution in [1.82, 2.24) is 4.72 Å². The van der Waals surface area contributed by atoms with E-state index in [4.69, 9.17) is 5.84 Å². The Balaban J connectivity index is 2.19. The number of nitrogens with two attached hydrogens (primary N) is 1. The Morgan fingerprint density at radius 3 is 2.26 bits per heavy atom. The number of hydrogen-bond donors (Lipinski definition) is 3. The molecule has 0 saturated carbocycles. The average Bonchev–Trinajstić information content (AvgIpc) is 2.46. The first-order valence-electron chi connectivity index (χ1n) is 5.73. The summed E-state index contributed by atoms with van der Waals surface area (Å²) in [5.74, 6) is 5.31. The predicted octanol–water partition coefficient (Wildman–Crippen LogP) is 1.45. The number of benzene rings is 2. The Kier molecular flexibility index (Phi) is 4.16. The van der Waals surface area contributed by atoms with Crippen LogP contribution in [0.1, 0.15) is 5.56 Å². The molecule has 0 radical (unpaired) electrons. The largest absolute Gasteiger partial charge is 0.323 e. The summed E-state index contributed by atoms with van der Waals surface area (Å²) in [6, 6.07) is 15.8. The third kappa shape index (κ3) is 3.31. The fourth-order valence-corrected chi connectivity index (χ4v) is 2.86. The molecule has 0 amide bonds. The van der Waals surface area contributed by atoms with Crippen LogP contribution in [0.25, 0.3) is 0 Å². The highest BCUT2D eigenvalue weighted by atomic mass is 32.2. The van der Waals surface area contributed by atoms with Crippen molar-refractivity contribution in [3.05, 3.63) is 60.2 Å². The van der Waals surface area contributed by atoms with Crippen LogP contribution in [0.2, 0.25) is 0 Å². The number of rotatable bonds is 5. The van der Waals surface area contributed by atoms with Crippen LogP contribution >= 0.6 is 0 Å². The molecular weight excluding hydrogens is 262 g/mol. The summed E-state index contributed by atoms with van der Waals surface area (Å²) in [5.41, 5.74) is 3.64. The van der Waals surface area contributed by atoms with E-state index in [2.05, 4.69) is 10.1 Å².